The van der Waals surface area contributed by atoms with Crippen LogP contribution >= 0.6 is 11.6 Å². The quantitative estimate of drug-likeness (QED) is 0.665. The molecule has 0 aromatic heterocycles. The molecule has 0 spiro atoms. The molecule has 0 aromatic carbocycles. The van der Waals surface area contributed by atoms with E-state index >= 15 is 0 Å². The maximum absolute atomic E-state index is 5.86. The Balaban J connectivity index is 2.48. The number of rotatable bonds is 4. The first-order valence-electron chi connectivity index (χ1n) is 5.56. The molecule has 1 aliphatic heterocycles. The second kappa shape index (κ2) is 5.94. The van der Waals surface area contributed by atoms with Gasteiger partial charge in [0.25, 0.3) is 0 Å². The van der Waals surface area contributed by atoms with E-state index in [9.17, 15) is 0 Å². The van der Waals surface area contributed by atoms with Gasteiger partial charge >= 0.3 is 0 Å². The molecule has 1 fully saturated rings. The van der Waals surface area contributed by atoms with Gasteiger partial charge in [-0.1, -0.05) is 0 Å². The van der Waals surface area contributed by atoms with Gasteiger partial charge in [0.15, 0.2) is 0 Å². The lowest BCUT2D eigenvalue weighted by Crippen LogP contribution is -2.44. The number of likely N-dealkylation sites (tertiary alicyclic amines) is 1. The number of piperidine rings is 1. The average molecular weight is 219 g/mol. The summed E-state index contributed by atoms with van der Waals surface area (Å²) < 4.78 is 0. The van der Waals surface area contributed by atoms with Crippen LogP contribution in [0.4, 0.5) is 0 Å². The van der Waals surface area contributed by atoms with Crippen LogP contribution in [0.15, 0.2) is 0 Å². The lowest BCUT2D eigenvalue weighted by Gasteiger charge is -2.38. The van der Waals surface area contributed by atoms with Crippen molar-refractivity contribution in [3.05, 3.63) is 0 Å². The first-order chi connectivity index (χ1) is 6.65. The van der Waals surface area contributed by atoms with E-state index in [2.05, 4.69) is 30.9 Å². The van der Waals surface area contributed by atoms with Crippen molar-refractivity contribution >= 4 is 11.6 Å². The number of nitrogens with zero attached hydrogens (tertiary/aromatic N) is 2. The largest absolute Gasteiger partial charge is 0.306 e. The van der Waals surface area contributed by atoms with E-state index in [-0.39, 0.29) is 0 Å². The van der Waals surface area contributed by atoms with Gasteiger partial charge in [-0.25, -0.2) is 0 Å². The highest BCUT2D eigenvalue weighted by molar-refractivity contribution is 6.17. The SMILES string of the molecule is CN1CCCC(C(CCCl)N(C)C)C1. The van der Waals surface area contributed by atoms with Crippen LogP contribution in [-0.4, -0.2) is 56.0 Å². The van der Waals surface area contributed by atoms with Crippen LogP contribution in [-0.2, 0) is 0 Å². The molecular weight excluding hydrogens is 196 g/mol. The predicted octanol–water partition coefficient (Wildman–Crippen LogP) is 1.89. The van der Waals surface area contributed by atoms with E-state index in [1.807, 2.05) is 0 Å². The molecule has 1 rings (SSSR count). The lowest BCUT2D eigenvalue weighted by atomic mass is 9.89. The van der Waals surface area contributed by atoms with Crippen LogP contribution in [0, 0.1) is 5.92 Å². The molecule has 0 radical (unpaired) electrons. The Morgan fingerprint density at radius 3 is 2.71 bits per heavy atom. The van der Waals surface area contributed by atoms with E-state index in [0.717, 1.165) is 18.2 Å². The molecule has 0 aliphatic carbocycles. The molecule has 0 bridgehead atoms. The van der Waals surface area contributed by atoms with E-state index in [0.29, 0.717) is 6.04 Å². The van der Waals surface area contributed by atoms with Gasteiger partial charge in [0, 0.05) is 18.5 Å². The van der Waals surface area contributed by atoms with Crippen LogP contribution in [0.1, 0.15) is 19.3 Å². The summed E-state index contributed by atoms with van der Waals surface area (Å²) in [6.07, 6.45) is 3.82. The third-order valence-corrected chi connectivity index (χ3v) is 3.49. The van der Waals surface area contributed by atoms with Gasteiger partial charge in [0.2, 0.25) is 0 Å². The monoisotopic (exact) mass is 218 g/mol. The van der Waals surface area contributed by atoms with Crippen molar-refractivity contribution in [2.45, 2.75) is 25.3 Å². The van der Waals surface area contributed by atoms with Crippen LogP contribution in [0.25, 0.3) is 0 Å². The minimum absolute atomic E-state index is 0.662. The summed E-state index contributed by atoms with van der Waals surface area (Å²) in [5.74, 6) is 1.59. The molecule has 2 atom stereocenters. The highest BCUT2D eigenvalue weighted by atomic mass is 35.5. The Labute approximate surface area is 93.2 Å². The summed E-state index contributed by atoms with van der Waals surface area (Å²) in [5.41, 5.74) is 0. The minimum atomic E-state index is 0.662. The Kier molecular flexibility index (Phi) is 5.21. The Morgan fingerprint density at radius 1 is 1.50 bits per heavy atom. The highest BCUT2D eigenvalue weighted by Gasteiger charge is 2.26. The molecule has 2 unspecified atom stereocenters. The normalized spacial score (nSPS) is 26.8. The molecule has 0 aromatic rings. The molecule has 3 heteroatoms. The zero-order valence-corrected chi connectivity index (χ0v) is 10.4. The van der Waals surface area contributed by atoms with Crippen molar-refractivity contribution in [3.63, 3.8) is 0 Å². The fourth-order valence-electron chi connectivity index (χ4n) is 2.55. The Bertz CT molecular complexity index is 161. The third-order valence-electron chi connectivity index (χ3n) is 3.27. The number of hydrogen-bond acceptors (Lipinski definition) is 2. The smallest absolute Gasteiger partial charge is 0.0238 e. The molecule has 0 amide bonds. The number of halogens is 1. The predicted molar refractivity (Wildman–Crippen MR) is 63.0 cm³/mol. The summed E-state index contributed by atoms with van der Waals surface area (Å²) in [6.45, 7) is 2.50. The molecule has 0 saturated carbocycles. The van der Waals surface area contributed by atoms with Crippen molar-refractivity contribution < 1.29 is 0 Å². The second-order valence-corrected chi connectivity index (χ2v) is 5.05. The lowest BCUT2D eigenvalue weighted by molar-refractivity contribution is 0.119. The molecular formula is C11H23ClN2. The molecule has 1 saturated heterocycles. The van der Waals surface area contributed by atoms with Crippen LogP contribution < -0.4 is 0 Å². The van der Waals surface area contributed by atoms with Crippen molar-refractivity contribution in [2.24, 2.45) is 5.92 Å². The van der Waals surface area contributed by atoms with E-state index in [1.54, 1.807) is 0 Å². The van der Waals surface area contributed by atoms with Crippen LogP contribution in [0.2, 0.25) is 0 Å². The van der Waals surface area contributed by atoms with Gasteiger partial charge in [-0.2, -0.15) is 0 Å². The zero-order chi connectivity index (χ0) is 10.6. The van der Waals surface area contributed by atoms with Gasteiger partial charge in [0.1, 0.15) is 0 Å². The summed E-state index contributed by atoms with van der Waals surface area (Å²) in [4.78, 5) is 4.78. The molecule has 2 nitrogen and oxygen atoms in total. The maximum Gasteiger partial charge on any atom is 0.0238 e. The number of alkyl halides is 1. The van der Waals surface area contributed by atoms with E-state index in [4.69, 9.17) is 11.6 Å². The molecule has 1 heterocycles. The van der Waals surface area contributed by atoms with Crippen molar-refractivity contribution in [3.8, 4) is 0 Å². The molecule has 1 aliphatic rings. The maximum atomic E-state index is 5.86. The fraction of sp³-hybridized carbons (Fsp3) is 1.00. The minimum Gasteiger partial charge on any atom is -0.306 e. The fourth-order valence-corrected chi connectivity index (χ4v) is 2.77. The van der Waals surface area contributed by atoms with Crippen LogP contribution in [0.3, 0.4) is 0 Å². The van der Waals surface area contributed by atoms with Crippen molar-refractivity contribution in [1.29, 1.82) is 0 Å². The van der Waals surface area contributed by atoms with Gasteiger partial charge in [0.05, 0.1) is 0 Å². The van der Waals surface area contributed by atoms with Crippen LogP contribution in [0.5, 0.6) is 0 Å². The second-order valence-electron chi connectivity index (χ2n) is 4.67. The summed E-state index contributed by atoms with van der Waals surface area (Å²) in [7, 11) is 6.57. The highest BCUT2D eigenvalue weighted by Crippen LogP contribution is 2.23. The Morgan fingerprint density at radius 2 is 2.21 bits per heavy atom. The van der Waals surface area contributed by atoms with Gasteiger partial charge in [-0.15, -0.1) is 11.6 Å². The third kappa shape index (κ3) is 3.41. The molecule has 0 N–H and O–H groups in total. The van der Waals surface area contributed by atoms with Gasteiger partial charge in [-0.05, 0) is 52.9 Å². The van der Waals surface area contributed by atoms with Gasteiger partial charge < -0.3 is 9.80 Å². The summed E-state index contributed by atoms with van der Waals surface area (Å²) in [6, 6.07) is 0.662. The summed E-state index contributed by atoms with van der Waals surface area (Å²) in [5, 5.41) is 0. The average Bonchev–Trinajstić information content (AvgIpc) is 2.13. The van der Waals surface area contributed by atoms with Crippen molar-refractivity contribution in [2.75, 3.05) is 40.1 Å². The first-order valence-corrected chi connectivity index (χ1v) is 6.09. The van der Waals surface area contributed by atoms with Gasteiger partial charge in [-0.3, -0.25) is 0 Å². The molecule has 84 valence electrons. The Hall–Kier alpha value is 0.210. The first kappa shape index (κ1) is 12.3. The number of hydrogen-bond donors (Lipinski definition) is 0. The van der Waals surface area contributed by atoms with Crippen molar-refractivity contribution in [1.82, 2.24) is 9.80 Å². The van der Waals surface area contributed by atoms with E-state index in [1.165, 1.54) is 25.9 Å². The topological polar surface area (TPSA) is 6.48 Å². The van der Waals surface area contributed by atoms with E-state index < -0.39 is 0 Å². The molecule has 14 heavy (non-hydrogen) atoms. The summed E-state index contributed by atoms with van der Waals surface area (Å²) >= 11 is 5.86. The standard InChI is InChI=1S/C11H23ClN2/c1-13(2)11(6-7-12)10-5-4-8-14(3)9-10/h10-11H,4-9H2,1-3H3. The zero-order valence-electron chi connectivity index (χ0n) is 9.67.